The van der Waals surface area contributed by atoms with Crippen LogP contribution in [0.4, 0.5) is 5.69 Å². The minimum absolute atomic E-state index is 0.0878. The molecule has 22 heavy (non-hydrogen) atoms. The van der Waals surface area contributed by atoms with Crippen LogP contribution in [-0.2, 0) is 0 Å². The highest BCUT2D eigenvalue weighted by molar-refractivity contribution is 7.80. The Balaban J connectivity index is 1.95. The number of phenolic OH excluding ortho intramolecular Hbond substituents is 1. The third kappa shape index (κ3) is 3.73. The molecule has 0 aliphatic rings. The maximum atomic E-state index is 11.9. The molecule has 1 amide bonds. The lowest BCUT2D eigenvalue weighted by atomic mass is 10.1. The summed E-state index contributed by atoms with van der Waals surface area (Å²) in [4.78, 5) is 11.9. The Bertz CT molecular complexity index is 716. The van der Waals surface area contributed by atoms with Gasteiger partial charge in [0.2, 0.25) is 0 Å². The van der Waals surface area contributed by atoms with Gasteiger partial charge in [0.1, 0.15) is 5.75 Å². The molecule has 0 aliphatic heterocycles. The van der Waals surface area contributed by atoms with Crippen LogP contribution in [0.1, 0.15) is 21.5 Å². The largest absolute Gasteiger partial charge is 0.507 e. The van der Waals surface area contributed by atoms with Gasteiger partial charge in [-0.05, 0) is 55.4 Å². The molecule has 0 saturated carbocycles. The molecule has 5 nitrogen and oxygen atoms in total. The highest BCUT2D eigenvalue weighted by atomic mass is 32.1. The van der Waals surface area contributed by atoms with Crippen molar-refractivity contribution in [1.29, 1.82) is 0 Å². The van der Waals surface area contributed by atoms with Crippen LogP contribution in [0, 0.1) is 13.8 Å². The smallest absolute Gasteiger partial charge is 0.273 e. The molecule has 0 aliphatic carbocycles. The Morgan fingerprint density at radius 1 is 1.05 bits per heavy atom. The van der Waals surface area contributed by atoms with Crippen molar-refractivity contribution in [1.82, 2.24) is 10.9 Å². The molecule has 2 aromatic carbocycles. The number of aryl methyl sites for hydroxylation is 1. The van der Waals surface area contributed by atoms with Gasteiger partial charge in [-0.3, -0.25) is 15.6 Å². The minimum Gasteiger partial charge on any atom is -0.507 e. The molecule has 0 heterocycles. The van der Waals surface area contributed by atoms with Crippen molar-refractivity contribution in [2.75, 3.05) is 5.32 Å². The van der Waals surface area contributed by atoms with E-state index in [2.05, 4.69) is 16.2 Å². The lowest BCUT2D eigenvalue weighted by molar-refractivity contribution is 0.0941. The predicted molar refractivity (Wildman–Crippen MR) is 90.8 cm³/mol. The number of rotatable bonds is 2. The van der Waals surface area contributed by atoms with E-state index in [9.17, 15) is 9.90 Å². The van der Waals surface area contributed by atoms with E-state index < -0.39 is 5.91 Å². The first-order chi connectivity index (χ1) is 10.5. The Morgan fingerprint density at radius 3 is 2.50 bits per heavy atom. The first-order valence-corrected chi connectivity index (χ1v) is 7.11. The quantitative estimate of drug-likeness (QED) is 0.506. The number of carbonyl (C=O) groups is 1. The van der Waals surface area contributed by atoms with Crippen molar-refractivity contribution in [3.8, 4) is 5.75 Å². The van der Waals surface area contributed by atoms with E-state index in [1.54, 1.807) is 12.1 Å². The first-order valence-electron chi connectivity index (χ1n) is 6.70. The number of nitrogens with one attached hydrogen (secondary N) is 3. The van der Waals surface area contributed by atoms with E-state index in [0.29, 0.717) is 0 Å². The number of amides is 1. The molecule has 0 spiro atoms. The highest BCUT2D eigenvalue weighted by Crippen LogP contribution is 2.17. The molecule has 2 aromatic rings. The van der Waals surface area contributed by atoms with Gasteiger partial charge in [-0.1, -0.05) is 24.3 Å². The first kappa shape index (κ1) is 15.8. The molecule has 0 fully saturated rings. The standard InChI is InChI=1S/C16H17N3O2S/c1-10-6-5-8-13(11(10)2)17-16(22)19-18-15(21)12-7-3-4-9-14(12)20/h3-9,20H,1-2H3,(H,18,21)(H2,17,19,22). The van der Waals surface area contributed by atoms with Crippen LogP contribution in [0.15, 0.2) is 42.5 Å². The van der Waals surface area contributed by atoms with E-state index >= 15 is 0 Å². The van der Waals surface area contributed by atoms with Crippen molar-refractivity contribution in [3.63, 3.8) is 0 Å². The Morgan fingerprint density at radius 2 is 1.77 bits per heavy atom. The number of hydrogen-bond acceptors (Lipinski definition) is 3. The van der Waals surface area contributed by atoms with E-state index in [1.807, 2.05) is 32.0 Å². The van der Waals surface area contributed by atoms with Crippen molar-refractivity contribution in [2.45, 2.75) is 13.8 Å². The summed E-state index contributed by atoms with van der Waals surface area (Å²) in [6.07, 6.45) is 0. The number of benzene rings is 2. The van der Waals surface area contributed by atoms with E-state index in [0.717, 1.165) is 16.8 Å². The molecule has 2 rings (SSSR count). The van der Waals surface area contributed by atoms with Crippen LogP contribution >= 0.6 is 12.2 Å². The molecule has 0 atom stereocenters. The lowest BCUT2D eigenvalue weighted by Gasteiger charge is -2.14. The summed E-state index contributed by atoms with van der Waals surface area (Å²) < 4.78 is 0. The Kier molecular flexibility index (Phi) is 4.95. The third-order valence-corrected chi connectivity index (χ3v) is 3.50. The van der Waals surface area contributed by atoms with Gasteiger partial charge in [-0.15, -0.1) is 0 Å². The SMILES string of the molecule is Cc1cccc(NC(=S)NNC(=O)c2ccccc2O)c1C. The summed E-state index contributed by atoms with van der Waals surface area (Å²) in [7, 11) is 0. The topological polar surface area (TPSA) is 73.4 Å². The average molecular weight is 315 g/mol. The molecule has 0 aromatic heterocycles. The second-order valence-corrected chi connectivity index (χ2v) is 5.21. The molecule has 0 bridgehead atoms. The second-order valence-electron chi connectivity index (χ2n) is 4.80. The number of hydrogen-bond donors (Lipinski definition) is 4. The van der Waals surface area contributed by atoms with Gasteiger partial charge in [0.05, 0.1) is 5.56 Å². The van der Waals surface area contributed by atoms with Crippen molar-refractivity contribution >= 4 is 28.9 Å². The predicted octanol–water partition coefficient (Wildman–Crippen LogP) is 2.64. The van der Waals surface area contributed by atoms with Gasteiger partial charge >= 0.3 is 0 Å². The van der Waals surface area contributed by atoms with Gasteiger partial charge in [-0.25, -0.2) is 0 Å². The Hall–Kier alpha value is -2.60. The molecule has 0 saturated heterocycles. The minimum atomic E-state index is -0.469. The number of carbonyl (C=O) groups excluding carboxylic acids is 1. The molecular weight excluding hydrogens is 298 g/mol. The number of anilines is 1. The number of phenols is 1. The summed E-state index contributed by atoms with van der Waals surface area (Å²) in [6.45, 7) is 4.00. The maximum Gasteiger partial charge on any atom is 0.273 e. The lowest BCUT2D eigenvalue weighted by Crippen LogP contribution is -2.43. The van der Waals surface area contributed by atoms with Crippen LogP contribution in [0.2, 0.25) is 0 Å². The Labute approximate surface area is 134 Å². The molecule has 6 heteroatoms. The normalized spacial score (nSPS) is 9.91. The average Bonchev–Trinajstić information content (AvgIpc) is 2.50. The summed E-state index contributed by atoms with van der Waals surface area (Å²) in [5.41, 5.74) is 8.32. The fourth-order valence-corrected chi connectivity index (χ4v) is 2.05. The summed E-state index contributed by atoms with van der Waals surface area (Å²) in [5.74, 6) is -0.557. The third-order valence-electron chi connectivity index (χ3n) is 3.29. The molecule has 0 radical (unpaired) electrons. The number of hydrazine groups is 1. The van der Waals surface area contributed by atoms with E-state index in [1.165, 1.54) is 12.1 Å². The zero-order valence-electron chi connectivity index (χ0n) is 12.3. The van der Waals surface area contributed by atoms with E-state index in [4.69, 9.17) is 12.2 Å². The van der Waals surface area contributed by atoms with Gasteiger partial charge in [0.25, 0.3) is 5.91 Å². The zero-order valence-corrected chi connectivity index (χ0v) is 13.1. The number of para-hydroxylation sites is 1. The number of aromatic hydroxyl groups is 1. The van der Waals surface area contributed by atoms with Gasteiger partial charge < -0.3 is 10.4 Å². The van der Waals surface area contributed by atoms with Gasteiger partial charge in [0.15, 0.2) is 5.11 Å². The van der Waals surface area contributed by atoms with Crippen LogP contribution in [0.25, 0.3) is 0 Å². The van der Waals surface area contributed by atoms with Crippen molar-refractivity contribution in [2.24, 2.45) is 0 Å². The van der Waals surface area contributed by atoms with Crippen LogP contribution < -0.4 is 16.2 Å². The molecule has 4 N–H and O–H groups in total. The molecular formula is C16H17N3O2S. The molecule has 114 valence electrons. The fourth-order valence-electron chi connectivity index (χ4n) is 1.89. The maximum absolute atomic E-state index is 11.9. The summed E-state index contributed by atoms with van der Waals surface area (Å²) >= 11 is 5.14. The van der Waals surface area contributed by atoms with E-state index in [-0.39, 0.29) is 16.4 Å². The second kappa shape index (κ2) is 6.91. The number of thiocarbonyl (C=S) groups is 1. The van der Waals surface area contributed by atoms with Crippen molar-refractivity contribution in [3.05, 3.63) is 59.2 Å². The van der Waals surface area contributed by atoms with Crippen LogP contribution in [0.3, 0.4) is 0 Å². The zero-order chi connectivity index (χ0) is 16.1. The summed E-state index contributed by atoms with van der Waals surface area (Å²) in [6, 6.07) is 12.1. The van der Waals surface area contributed by atoms with Crippen LogP contribution in [0.5, 0.6) is 5.75 Å². The van der Waals surface area contributed by atoms with Gasteiger partial charge in [0, 0.05) is 5.69 Å². The van der Waals surface area contributed by atoms with Crippen molar-refractivity contribution < 1.29 is 9.90 Å². The van der Waals surface area contributed by atoms with Gasteiger partial charge in [-0.2, -0.15) is 0 Å². The van der Waals surface area contributed by atoms with Crippen LogP contribution in [-0.4, -0.2) is 16.1 Å². The monoisotopic (exact) mass is 315 g/mol. The fraction of sp³-hybridized carbons (Fsp3) is 0.125. The highest BCUT2D eigenvalue weighted by Gasteiger charge is 2.10. The summed E-state index contributed by atoms with van der Waals surface area (Å²) in [5, 5.41) is 12.9. The molecule has 0 unspecified atom stereocenters.